The standard InChI is InChI=1S/C18H26ClN5/c1-14-13-17(20-11-9-15-5-7-16(19)8-6-15)23-18(22-14)21-10-4-12-24(2)3/h5-8,13H,4,9-12H2,1-3H3,(H2,20,21,22,23). The van der Waals surface area contributed by atoms with Crippen molar-refractivity contribution in [3.63, 3.8) is 0 Å². The highest BCUT2D eigenvalue weighted by Gasteiger charge is 2.02. The summed E-state index contributed by atoms with van der Waals surface area (Å²) in [5, 5.41) is 7.42. The van der Waals surface area contributed by atoms with Gasteiger partial charge in [-0.2, -0.15) is 4.98 Å². The van der Waals surface area contributed by atoms with E-state index in [2.05, 4.69) is 39.6 Å². The van der Waals surface area contributed by atoms with Crippen LogP contribution >= 0.6 is 11.6 Å². The molecular weight excluding hydrogens is 322 g/mol. The molecule has 0 fully saturated rings. The van der Waals surface area contributed by atoms with Gasteiger partial charge >= 0.3 is 0 Å². The Morgan fingerprint density at radius 2 is 1.79 bits per heavy atom. The van der Waals surface area contributed by atoms with Gasteiger partial charge in [0, 0.05) is 29.9 Å². The Balaban J connectivity index is 1.82. The molecule has 0 atom stereocenters. The summed E-state index contributed by atoms with van der Waals surface area (Å²) in [4.78, 5) is 11.1. The van der Waals surface area contributed by atoms with E-state index in [1.165, 1.54) is 5.56 Å². The fourth-order valence-corrected chi connectivity index (χ4v) is 2.45. The average molecular weight is 348 g/mol. The molecule has 0 bridgehead atoms. The van der Waals surface area contributed by atoms with Crippen LogP contribution in [0.5, 0.6) is 0 Å². The number of anilines is 2. The lowest BCUT2D eigenvalue weighted by Gasteiger charge is -2.12. The summed E-state index contributed by atoms with van der Waals surface area (Å²) >= 11 is 5.90. The lowest BCUT2D eigenvalue weighted by atomic mass is 10.1. The van der Waals surface area contributed by atoms with Gasteiger partial charge in [-0.15, -0.1) is 0 Å². The van der Waals surface area contributed by atoms with Crippen LogP contribution in [0.25, 0.3) is 0 Å². The SMILES string of the molecule is Cc1cc(NCCc2ccc(Cl)cc2)nc(NCCCN(C)C)n1. The first-order chi connectivity index (χ1) is 11.5. The third kappa shape index (κ3) is 6.72. The molecule has 6 heteroatoms. The Labute approximate surface area is 149 Å². The van der Waals surface area contributed by atoms with Gasteiger partial charge in [-0.05, 0) is 58.1 Å². The Bertz CT molecular complexity index is 628. The van der Waals surface area contributed by atoms with E-state index in [0.29, 0.717) is 5.95 Å². The fraction of sp³-hybridized carbons (Fsp3) is 0.444. The number of halogens is 1. The van der Waals surface area contributed by atoms with Gasteiger partial charge in [0.2, 0.25) is 5.95 Å². The van der Waals surface area contributed by atoms with Crippen molar-refractivity contribution in [2.45, 2.75) is 19.8 Å². The van der Waals surface area contributed by atoms with Crippen LogP contribution in [0.4, 0.5) is 11.8 Å². The van der Waals surface area contributed by atoms with E-state index >= 15 is 0 Å². The van der Waals surface area contributed by atoms with Crippen molar-refractivity contribution >= 4 is 23.4 Å². The van der Waals surface area contributed by atoms with E-state index in [4.69, 9.17) is 11.6 Å². The molecule has 5 nitrogen and oxygen atoms in total. The molecule has 0 aliphatic rings. The second-order valence-corrected chi connectivity index (χ2v) is 6.54. The fourth-order valence-electron chi connectivity index (χ4n) is 2.32. The molecule has 2 rings (SSSR count). The van der Waals surface area contributed by atoms with Crippen LogP contribution in [0.3, 0.4) is 0 Å². The maximum atomic E-state index is 5.90. The Morgan fingerprint density at radius 1 is 1.04 bits per heavy atom. The molecule has 0 radical (unpaired) electrons. The lowest BCUT2D eigenvalue weighted by Crippen LogP contribution is -2.17. The van der Waals surface area contributed by atoms with E-state index in [1.54, 1.807) is 0 Å². The molecule has 0 amide bonds. The van der Waals surface area contributed by atoms with Crippen molar-refractivity contribution in [3.05, 3.63) is 46.6 Å². The van der Waals surface area contributed by atoms with Gasteiger partial charge in [-0.1, -0.05) is 23.7 Å². The van der Waals surface area contributed by atoms with Gasteiger partial charge in [0.05, 0.1) is 0 Å². The summed E-state index contributed by atoms with van der Waals surface area (Å²) in [6, 6.07) is 9.90. The summed E-state index contributed by atoms with van der Waals surface area (Å²) in [6.45, 7) is 4.71. The molecule has 2 N–H and O–H groups in total. The van der Waals surface area contributed by atoms with Gasteiger partial charge in [0.25, 0.3) is 0 Å². The monoisotopic (exact) mass is 347 g/mol. The first-order valence-corrected chi connectivity index (χ1v) is 8.63. The summed E-state index contributed by atoms with van der Waals surface area (Å²) in [6.07, 6.45) is 1.98. The van der Waals surface area contributed by atoms with Gasteiger partial charge in [-0.3, -0.25) is 0 Å². The number of benzene rings is 1. The second kappa shape index (κ2) is 9.45. The number of aromatic nitrogens is 2. The molecule has 1 aromatic heterocycles. The molecule has 0 spiro atoms. The summed E-state index contributed by atoms with van der Waals surface area (Å²) in [5.41, 5.74) is 2.20. The van der Waals surface area contributed by atoms with Crippen LogP contribution in [-0.2, 0) is 6.42 Å². The van der Waals surface area contributed by atoms with Gasteiger partial charge in [0.1, 0.15) is 5.82 Å². The van der Waals surface area contributed by atoms with Crippen LogP contribution < -0.4 is 10.6 Å². The van der Waals surface area contributed by atoms with E-state index in [9.17, 15) is 0 Å². The summed E-state index contributed by atoms with van der Waals surface area (Å²) < 4.78 is 0. The molecule has 1 aromatic carbocycles. The summed E-state index contributed by atoms with van der Waals surface area (Å²) in [5.74, 6) is 1.54. The topological polar surface area (TPSA) is 53.1 Å². The predicted octanol–water partition coefficient (Wildman–Crippen LogP) is 3.46. The van der Waals surface area contributed by atoms with E-state index in [-0.39, 0.29) is 0 Å². The van der Waals surface area contributed by atoms with E-state index in [0.717, 1.165) is 49.0 Å². The molecular formula is C18H26ClN5. The smallest absolute Gasteiger partial charge is 0.224 e. The lowest BCUT2D eigenvalue weighted by molar-refractivity contribution is 0.405. The van der Waals surface area contributed by atoms with Crippen LogP contribution in [0.2, 0.25) is 5.02 Å². The molecule has 130 valence electrons. The first kappa shape index (κ1) is 18.5. The molecule has 2 aromatic rings. The Hall–Kier alpha value is -1.85. The molecule has 24 heavy (non-hydrogen) atoms. The minimum absolute atomic E-state index is 0.683. The van der Waals surface area contributed by atoms with Crippen molar-refractivity contribution < 1.29 is 0 Å². The van der Waals surface area contributed by atoms with Gasteiger partial charge in [-0.25, -0.2) is 4.98 Å². The molecule has 1 heterocycles. The maximum Gasteiger partial charge on any atom is 0.224 e. The van der Waals surface area contributed by atoms with Crippen LogP contribution in [-0.4, -0.2) is 48.6 Å². The van der Waals surface area contributed by atoms with E-state index in [1.807, 2.05) is 37.3 Å². The van der Waals surface area contributed by atoms with Crippen molar-refractivity contribution in [1.29, 1.82) is 0 Å². The number of aryl methyl sites for hydroxylation is 1. The zero-order chi connectivity index (χ0) is 17.4. The highest BCUT2D eigenvalue weighted by Crippen LogP contribution is 2.12. The number of rotatable bonds is 9. The number of nitrogens with one attached hydrogen (secondary N) is 2. The molecule has 0 saturated carbocycles. The van der Waals surface area contributed by atoms with Gasteiger partial charge < -0.3 is 15.5 Å². The first-order valence-electron chi connectivity index (χ1n) is 8.25. The zero-order valence-electron chi connectivity index (χ0n) is 14.6. The second-order valence-electron chi connectivity index (χ2n) is 6.11. The Morgan fingerprint density at radius 3 is 2.50 bits per heavy atom. The number of hydrogen-bond donors (Lipinski definition) is 2. The predicted molar refractivity (Wildman–Crippen MR) is 102 cm³/mol. The van der Waals surface area contributed by atoms with Gasteiger partial charge in [0.15, 0.2) is 0 Å². The Kier molecular flexibility index (Phi) is 7.28. The van der Waals surface area contributed by atoms with Crippen molar-refractivity contribution in [2.75, 3.05) is 44.4 Å². The minimum Gasteiger partial charge on any atom is -0.370 e. The zero-order valence-corrected chi connectivity index (χ0v) is 15.4. The highest BCUT2D eigenvalue weighted by atomic mass is 35.5. The van der Waals surface area contributed by atoms with Crippen LogP contribution in [0, 0.1) is 6.92 Å². The molecule has 0 saturated heterocycles. The normalized spacial score (nSPS) is 10.9. The minimum atomic E-state index is 0.683. The molecule has 0 aliphatic heterocycles. The number of hydrogen-bond acceptors (Lipinski definition) is 5. The van der Waals surface area contributed by atoms with Crippen LogP contribution in [0.15, 0.2) is 30.3 Å². The largest absolute Gasteiger partial charge is 0.370 e. The maximum absolute atomic E-state index is 5.90. The number of nitrogens with zero attached hydrogens (tertiary/aromatic N) is 3. The van der Waals surface area contributed by atoms with Crippen molar-refractivity contribution in [3.8, 4) is 0 Å². The third-order valence-electron chi connectivity index (χ3n) is 3.55. The quantitative estimate of drug-likeness (QED) is 0.680. The van der Waals surface area contributed by atoms with Crippen molar-refractivity contribution in [1.82, 2.24) is 14.9 Å². The van der Waals surface area contributed by atoms with E-state index < -0.39 is 0 Å². The summed E-state index contributed by atoms with van der Waals surface area (Å²) in [7, 11) is 4.15. The third-order valence-corrected chi connectivity index (χ3v) is 3.80. The highest BCUT2D eigenvalue weighted by molar-refractivity contribution is 6.30. The van der Waals surface area contributed by atoms with Crippen molar-refractivity contribution in [2.24, 2.45) is 0 Å². The van der Waals surface area contributed by atoms with Crippen LogP contribution in [0.1, 0.15) is 17.7 Å². The average Bonchev–Trinajstić information content (AvgIpc) is 2.53. The molecule has 0 aliphatic carbocycles. The molecule has 0 unspecified atom stereocenters.